The van der Waals surface area contributed by atoms with Gasteiger partial charge in [0.25, 0.3) is 0 Å². The summed E-state index contributed by atoms with van der Waals surface area (Å²) in [4.78, 5) is 13.8. The number of nitrogens with one attached hydrogen (secondary N) is 1. The van der Waals surface area contributed by atoms with E-state index in [4.69, 9.17) is 5.11 Å². The van der Waals surface area contributed by atoms with E-state index in [1.807, 2.05) is 0 Å². The lowest BCUT2D eigenvalue weighted by Crippen LogP contribution is -2.43. The van der Waals surface area contributed by atoms with E-state index in [9.17, 15) is 4.79 Å². The van der Waals surface area contributed by atoms with E-state index in [2.05, 4.69) is 12.2 Å². The van der Waals surface area contributed by atoms with Gasteiger partial charge in [-0.05, 0) is 24.7 Å². The molecular weight excluding hydrogens is 240 g/mol. The number of carbonyl (C=O) groups excluding carboxylic acids is 1. The maximum atomic E-state index is 12.1. The second-order valence-corrected chi connectivity index (χ2v) is 6.06. The summed E-state index contributed by atoms with van der Waals surface area (Å²) in [6.45, 7) is 3.28. The van der Waals surface area contributed by atoms with E-state index in [1.54, 1.807) is 4.90 Å². The number of aliphatic hydroxyl groups is 1. The monoisotopic (exact) mass is 268 g/mol. The third kappa shape index (κ3) is 4.10. The van der Waals surface area contributed by atoms with Crippen molar-refractivity contribution < 1.29 is 9.90 Å². The molecule has 2 rings (SSSR count). The molecule has 2 amide bonds. The minimum absolute atomic E-state index is 0.0132. The minimum atomic E-state index is 0.0132. The van der Waals surface area contributed by atoms with Crippen LogP contribution in [0, 0.1) is 11.8 Å². The normalized spacial score (nSPS) is 27.1. The summed E-state index contributed by atoms with van der Waals surface area (Å²) in [6.07, 6.45) is 8.93. The first-order valence-corrected chi connectivity index (χ1v) is 7.92. The van der Waals surface area contributed by atoms with Gasteiger partial charge in [0.15, 0.2) is 0 Å². The Morgan fingerprint density at radius 1 is 1.26 bits per heavy atom. The number of nitrogens with zero attached hydrogens (tertiary/aromatic N) is 1. The highest BCUT2D eigenvalue weighted by Gasteiger charge is 2.44. The lowest BCUT2D eigenvalue weighted by atomic mass is 9.85. The summed E-state index contributed by atoms with van der Waals surface area (Å²) in [5.41, 5.74) is 0. The topological polar surface area (TPSA) is 52.6 Å². The van der Waals surface area contributed by atoms with Gasteiger partial charge in [0.05, 0.1) is 6.61 Å². The molecule has 2 fully saturated rings. The van der Waals surface area contributed by atoms with Gasteiger partial charge >= 0.3 is 6.03 Å². The highest BCUT2D eigenvalue weighted by molar-refractivity contribution is 5.75. The van der Waals surface area contributed by atoms with E-state index < -0.39 is 0 Å². The van der Waals surface area contributed by atoms with E-state index in [0.717, 1.165) is 31.2 Å². The first-order valence-electron chi connectivity index (χ1n) is 7.92. The van der Waals surface area contributed by atoms with Crippen LogP contribution < -0.4 is 5.32 Å². The molecule has 2 atom stereocenters. The maximum Gasteiger partial charge on any atom is 0.317 e. The zero-order valence-corrected chi connectivity index (χ0v) is 12.1. The standard InChI is InChI=1S/C15H28N2O2/c1-2-8-17(9-10-18)15(19)16-14-11-13(14)12-6-4-3-5-7-12/h12-14,18H,2-11H2,1H3,(H,16,19). The molecule has 0 aromatic rings. The smallest absolute Gasteiger partial charge is 0.317 e. The molecule has 0 aromatic heterocycles. The highest BCUT2D eigenvalue weighted by Crippen LogP contribution is 2.44. The van der Waals surface area contributed by atoms with Gasteiger partial charge in [-0.2, -0.15) is 0 Å². The predicted octanol–water partition coefficient (Wildman–Crippen LogP) is 2.37. The molecule has 0 aliphatic heterocycles. The molecule has 0 spiro atoms. The molecule has 2 saturated carbocycles. The average Bonchev–Trinajstić information content (AvgIpc) is 3.19. The van der Waals surface area contributed by atoms with Crippen LogP contribution in [0.1, 0.15) is 51.9 Å². The third-order valence-corrected chi connectivity index (χ3v) is 4.55. The molecule has 4 nitrogen and oxygen atoms in total. The van der Waals surface area contributed by atoms with Crippen LogP contribution in [0.3, 0.4) is 0 Å². The van der Waals surface area contributed by atoms with E-state index in [0.29, 0.717) is 12.6 Å². The van der Waals surface area contributed by atoms with Crippen LogP contribution in [0.5, 0.6) is 0 Å². The Labute approximate surface area is 116 Å². The van der Waals surface area contributed by atoms with Crippen LogP contribution in [-0.4, -0.2) is 41.8 Å². The van der Waals surface area contributed by atoms with Crippen molar-refractivity contribution in [1.29, 1.82) is 0 Å². The Balaban J connectivity index is 1.73. The molecule has 0 bridgehead atoms. The SMILES string of the molecule is CCCN(CCO)C(=O)NC1CC1C1CCCCC1. The summed E-state index contributed by atoms with van der Waals surface area (Å²) in [6, 6.07) is 0.410. The van der Waals surface area contributed by atoms with Crippen LogP contribution >= 0.6 is 0 Å². The first-order chi connectivity index (χ1) is 9.26. The lowest BCUT2D eigenvalue weighted by molar-refractivity contribution is 0.175. The van der Waals surface area contributed by atoms with Crippen LogP contribution in [0.4, 0.5) is 4.79 Å². The number of carbonyl (C=O) groups is 1. The zero-order chi connectivity index (χ0) is 13.7. The summed E-state index contributed by atoms with van der Waals surface area (Å²) in [7, 11) is 0. The van der Waals surface area contributed by atoms with Gasteiger partial charge in [0.1, 0.15) is 0 Å². The Hall–Kier alpha value is -0.770. The fraction of sp³-hybridized carbons (Fsp3) is 0.933. The Bertz CT molecular complexity index is 284. The summed E-state index contributed by atoms with van der Waals surface area (Å²) < 4.78 is 0. The molecule has 0 heterocycles. The number of hydrogen-bond acceptors (Lipinski definition) is 2. The van der Waals surface area contributed by atoms with Gasteiger partial charge in [0.2, 0.25) is 0 Å². The molecule has 19 heavy (non-hydrogen) atoms. The van der Waals surface area contributed by atoms with E-state index in [-0.39, 0.29) is 12.6 Å². The van der Waals surface area contributed by atoms with Gasteiger partial charge in [-0.3, -0.25) is 0 Å². The largest absolute Gasteiger partial charge is 0.395 e. The molecule has 0 radical (unpaired) electrons. The van der Waals surface area contributed by atoms with Gasteiger partial charge in [-0.15, -0.1) is 0 Å². The van der Waals surface area contributed by atoms with Gasteiger partial charge < -0.3 is 15.3 Å². The summed E-state index contributed by atoms with van der Waals surface area (Å²) in [5, 5.41) is 12.1. The first kappa shape index (κ1) is 14.6. The predicted molar refractivity (Wildman–Crippen MR) is 76.0 cm³/mol. The molecule has 2 aliphatic carbocycles. The molecule has 4 heteroatoms. The molecular formula is C15H28N2O2. The quantitative estimate of drug-likeness (QED) is 0.777. The number of rotatable bonds is 6. The van der Waals surface area contributed by atoms with Crippen molar-refractivity contribution >= 4 is 6.03 Å². The number of amides is 2. The molecule has 2 unspecified atom stereocenters. The van der Waals surface area contributed by atoms with Crippen LogP contribution in [0.25, 0.3) is 0 Å². The number of urea groups is 1. The van der Waals surface area contributed by atoms with Crippen molar-refractivity contribution in [2.45, 2.75) is 57.9 Å². The number of hydrogen-bond donors (Lipinski definition) is 2. The number of aliphatic hydroxyl groups excluding tert-OH is 1. The zero-order valence-electron chi connectivity index (χ0n) is 12.1. The van der Waals surface area contributed by atoms with Gasteiger partial charge in [0, 0.05) is 19.1 Å². The van der Waals surface area contributed by atoms with Crippen molar-refractivity contribution in [2.24, 2.45) is 11.8 Å². The summed E-state index contributed by atoms with van der Waals surface area (Å²) >= 11 is 0. The lowest BCUT2D eigenvalue weighted by Gasteiger charge is -2.24. The van der Waals surface area contributed by atoms with Crippen LogP contribution in [0.2, 0.25) is 0 Å². The molecule has 0 aromatic carbocycles. The van der Waals surface area contributed by atoms with Crippen molar-refractivity contribution in [3.8, 4) is 0 Å². The molecule has 2 N–H and O–H groups in total. The summed E-state index contributed by atoms with van der Waals surface area (Å²) in [5.74, 6) is 1.57. The second kappa shape index (κ2) is 7.13. The highest BCUT2D eigenvalue weighted by atomic mass is 16.3. The Morgan fingerprint density at radius 2 is 2.00 bits per heavy atom. The molecule has 0 saturated heterocycles. The maximum absolute atomic E-state index is 12.1. The fourth-order valence-corrected chi connectivity index (χ4v) is 3.42. The minimum Gasteiger partial charge on any atom is -0.395 e. The van der Waals surface area contributed by atoms with Gasteiger partial charge in [-0.25, -0.2) is 4.79 Å². The average molecular weight is 268 g/mol. The van der Waals surface area contributed by atoms with Crippen molar-refractivity contribution in [3.05, 3.63) is 0 Å². The molecule has 110 valence electrons. The van der Waals surface area contributed by atoms with E-state index in [1.165, 1.54) is 32.1 Å². The Morgan fingerprint density at radius 3 is 2.63 bits per heavy atom. The fourth-order valence-electron chi connectivity index (χ4n) is 3.42. The van der Waals surface area contributed by atoms with Crippen LogP contribution in [0.15, 0.2) is 0 Å². The van der Waals surface area contributed by atoms with Crippen molar-refractivity contribution in [3.63, 3.8) is 0 Å². The van der Waals surface area contributed by atoms with E-state index >= 15 is 0 Å². The Kier molecular flexibility index (Phi) is 5.49. The van der Waals surface area contributed by atoms with Crippen molar-refractivity contribution in [1.82, 2.24) is 10.2 Å². The second-order valence-electron chi connectivity index (χ2n) is 6.06. The van der Waals surface area contributed by atoms with Gasteiger partial charge in [-0.1, -0.05) is 39.0 Å². The van der Waals surface area contributed by atoms with Crippen LogP contribution in [-0.2, 0) is 0 Å². The van der Waals surface area contributed by atoms with Crippen molar-refractivity contribution in [2.75, 3.05) is 19.7 Å². The third-order valence-electron chi connectivity index (χ3n) is 4.55. The molecule has 2 aliphatic rings.